The number of carboxylic acid groups (broad SMARTS) is 1. The molecule has 1 N–H and O–H groups in total. The zero-order valence-corrected chi connectivity index (χ0v) is 13.8. The van der Waals surface area contributed by atoms with Gasteiger partial charge in [-0.25, -0.2) is 9.18 Å². The molecule has 1 aromatic carbocycles. The van der Waals surface area contributed by atoms with Gasteiger partial charge in [0.1, 0.15) is 11.4 Å². The molecule has 5 nitrogen and oxygen atoms in total. The minimum atomic E-state index is -0.968. The van der Waals surface area contributed by atoms with E-state index >= 15 is 0 Å². The number of aliphatic carboxylic acids is 1. The number of hydrogen-bond acceptors (Lipinski definition) is 3. The van der Waals surface area contributed by atoms with Crippen LogP contribution in [0.25, 0.3) is 0 Å². The SMILES string of the molecule is Cc1cc(F)ccc1[C@@H]1CN(C(=O)OC(C)(C)C)C[C@H]1C(=O)O. The highest BCUT2D eigenvalue weighted by atomic mass is 19.1. The third-order valence-corrected chi connectivity index (χ3v) is 3.92. The molecule has 2 rings (SSSR count). The maximum Gasteiger partial charge on any atom is 0.410 e. The Labute approximate surface area is 135 Å². The predicted octanol–water partition coefficient (Wildman–Crippen LogP) is 3.17. The van der Waals surface area contributed by atoms with Crippen molar-refractivity contribution in [2.45, 2.75) is 39.2 Å². The van der Waals surface area contributed by atoms with Gasteiger partial charge in [0.05, 0.1) is 5.92 Å². The summed E-state index contributed by atoms with van der Waals surface area (Å²) in [7, 11) is 0. The first kappa shape index (κ1) is 17.2. The number of hydrogen-bond donors (Lipinski definition) is 1. The molecule has 1 fully saturated rings. The number of carboxylic acids is 1. The van der Waals surface area contributed by atoms with Gasteiger partial charge in [-0.1, -0.05) is 6.07 Å². The molecule has 1 aromatic rings. The molecule has 1 aliphatic rings. The van der Waals surface area contributed by atoms with E-state index in [0.717, 1.165) is 5.56 Å². The zero-order chi connectivity index (χ0) is 17.4. The molecule has 0 bridgehead atoms. The lowest BCUT2D eigenvalue weighted by molar-refractivity contribution is -0.141. The zero-order valence-electron chi connectivity index (χ0n) is 13.8. The number of aryl methyl sites for hydroxylation is 1. The molecule has 0 spiro atoms. The second kappa shape index (κ2) is 6.18. The molecular weight excluding hydrogens is 301 g/mol. The highest BCUT2D eigenvalue weighted by Crippen LogP contribution is 2.35. The van der Waals surface area contributed by atoms with Crippen LogP contribution >= 0.6 is 0 Å². The second-order valence-electron chi connectivity index (χ2n) is 6.94. The number of likely N-dealkylation sites (tertiary alicyclic amines) is 1. The lowest BCUT2D eigenvalue weighted by Crippen LogP contribution is -2.35. The Morgan fingerprint density at radius 1 is 1.30 bits per heavy atom. The Bertz CT molecular complexity index is 624. The maximum absolute atomic E-state index is 13.3. The average molecular weight is 323 g/mol. The first-order valence-corrected chi connectivity index (χ1v) is 7.55. The lowest BCUT2D eigenvalue weighted by Gasteiger charge is -2.24. The van der Waals surface area contributed by atoms with Crippen molar-refractivity contribution in [2.24, 2.45) is 5.92 Å². The normalized spacial score (nSPS) is 21.3. The van der Waals surface area contributed by atoms with E-state index in [1.54, 1.807) is 33.8 Å². The van der Waals surface area contributed by atoms with Gasteiger partial charge in [-0.3, -0.25) is 4.79 Å². The fraction of sp³-hybridized carbons (Fsp3) is 0.529. The van der Waals surface area contributed by atoms with Gasteiger partial charge >= 0.3 is 12.1 Å². The van der Waals surface area contributed by atoms with Crippen molar-refractivity contribution in [3.8, 4) is 0 Å². The molecule has 0 aliphatic carbocycles. The van der Waals surface area contributed by atoms with Crippen LogP contribution in [0.3, 0.4) is 0 Å². The number of amides is 1. The van der Waals surface area contributed by atoms with Crippen molar-refractivity contribution in [2.75, 3.05) is 13.1 Å². The molecular formula is C17H22FNO4. The number of halogens is 1. The molecule has 0 aromatic heterocycles. The summed E-state index contributed by atoms with van der Waals surface area (Å²) in [5, 5.41) is 9.47. The number of carbonyl (C=O) groups is 2. The summed E-state index contributed by atoms with van der Waals surface area (Å²) >= 11 is 0. The van der Waals surface area contributed by atoms with E-state index < -0.39 is 23.6 Å². The Morgan fingerprint density at radius 3 is 2.48 bits per heavy atom. The van der Waals surface area contributed by atoms with E-state index in [1.807, 2.05) is 0 Å². The summed E-state index contributed by atoms with van der Waals surface area (Å²) in [4.78, 5) is 25.2. The minimum Gasteiger partial charge on any atom is -0.481 e. The highest BCUT2D eigenvalue weighted by molar-refractivity contribution is 5.76. The van der Waals surface area contributed by atoms with Gasteiger partial charge in [0.25, 0.3) is 0 Å². The molecule has 126 valence electrons. The summed E-state index contributed by atoms with van der Waals surface area (Å²) < 4.78 is 18.6. The summed E-state index contributed by atoms with van der Waals surface area (Å²) in [6.45, 7) is 7.36. The minimum absolute atomic E-state index is 0.0890. The average Bonchev–Trinajstić information content (AvgIpc) is 2.81. The van der Waals surface area contributed by atoms with Crippen LogP contribution in [0.5, 0.6) is 0 Å². The number of nitrogens with zero attached hydrogens (tertiary/aromatic N) is 1. The van der Waals surface area contributed by atoms with Gasteiger partial charge in [0, 0.05) is 19.0 Å². The topological polar surface area (TPSA) is 66.8 Å². The Morgan fingerprint density at radius 2 is 1.96 bits per heavy atom. The van der Waals surface area contributed by atoms with E-state index in [9.17, 15) is 19.1 Å². The molecule has 0 unspecified atom stereocenters. The number of benzene rings is 1. The first-order chi connectivity index (χ1) is 10.6. The quantitative estimate of drug-likeness (QED) is 0.908. The summed E-state index contributed by atoms with van der Waals surface area (Å²) in [6, 6.07) is 4.30. The highest BCUT2D eigenvalue weighted by Gasteiger charge is 2.42. The Balaban J connectivity index is 2.25. The maximum atomic E-state index is 13.3. The van der Waals surface area contributed by atoms with Crippen LogP contribution in [-0.2, 0) is 9.53 Å². The number of carbonyl (C=O) groups excluding carboxylic acids is 1. The summed E-state index contributed by atoms with van der Waals surface area (Å²) in [6.07, 6.45) is -0.522. The third kappa shape index (κ3) is 4.00. The van der Waals surface area contributed by atoms with Gasteiger partial charge in [0.15, 0.2) is 0 Å². The van der Waals surface area contributed by atoms with E-state index in [0.29, 0.717) is 5.56 Å². The van der Waals surface area contributed by atoms with Gasteiger partial charge in [-0.15, -0.1) is 0 Å². The predicted molar refractivity (Wildman–Crippen MR) is 82.8 cm³/mol. The largest absolute Gasteiger partial charge is 0.481 e. The van der Waals surface area contributed by atoms with Crippen LogP contribution in [0.1, 0.15) is 37.8 Å². The van der Waals surface area contributed by atoms with E-state index in [4.69, 9.17) is 4.74 Å². The fourth-order valence-electron chi connectivity index (χ4n) is 2.90. The van der Waals surface area contributed by atoms with Crippen molar-refractivity contribution in [1.82, 2.24) is 4.90 Å². The van der Waals surface area contributed by atoms with Crippen LogP contribution in [0.4, 0.5) is 9.18 Å². The van der Waals surface area contributed by atoms with Crippen molar-refractivity contribution < 1.29 is 23.8 Å². The van der Waals surface area contributed by atoms with E-state index in [1.165, 1.54) is 17.0 Å². The van der Waals surface area contributed by atoms with Crippen LogP contribution in [0, 0.1) is 18.7 Å². The van der Waals surface area contributed by atoms with Crippen LogP contribution < -0.4 is 0 Å². The smallest absolute Gasteiger partial charge is 0.410 e. The van der Waals surface area contributed by atoms with Gasteiger partial charge in [-0.05, 0) is 51.0 Å². The molecule has 0 radical (unpaired) electrons. The van der Waals surface area contributed by atoms with Crippen molar-refractivity contribution in [3.63, 3.8) is 0 Å². The molecule has 6 heteroatoms. The molecule has 1 aliphatic heterocycles. The van der Waals surface area contributed by atoms with Crippen LogP contribution in [0.2, 0.25) is 0 Å². The van der Waals surface area contributed by atoms with Crippen LogP contribution in [-0.4, -0.2) is 40.8 Å². The Hall–Kier alpha value is -2.11. The monoisotopic (exact) mass is 323 g/mol. The fourth-order valence-corrected chi connectivity index (χ4v) is 2.90. The molecule has 23 heavy (non-hydrogen) atoms. The third-order valence-electron chi connectivity index (χ3n) is 3.92. The molecule has 1 saturated heterocycles. The molecule has 0 saturated carbocycles. The summed E-state index contributed by atoms with van der Waals surface area (Å²) in [5.41, 5.74) is 0.803. The molecule has 1 amide bonds. The number of ether oxygens (including phenoxy) is 1. The van der Waals surface area contributed by atoms with Crippen molar-refractivity contribution >= 4 is 12.1 Å². The van der Waals surface area contributed by atoms with E-state index in [-0.39, 0.29) is 24.8 Å². The van der Waals surface area contributed by atoms with Gasteiger partial charge < -0.3 is 14.7 Å². The second-order valence-corrected chi connectivity index (χ2v) is 6.94. The number of rotatable bonds is 2. The van der Waals surface area contributed by atoms with Crippen LogP contribution in [0.15, 0.2) is 18.2 Å². The molecule has 2 atom stereocenters. The van der Waals surface area contributed by atoms with Gasteiger partial charge in [0.2, 0.25) is 0 Å². The van der Waals surface area contributed by atoms with Crippen molar-refractivity contribution in [1.29, 1.82) is 0 Å². The Kier molecular flexibility index (Phi) is 4.63. The molecule has 1 heterocycles. The van der Waals surface area contributed by atoms with E-state index in [2.05, 4.69) is 0 Å². The first-order valence-electron chi connectivity index (χ1n) is 7.55. The summed E-state index contributed by atoms with van der Waals surface area (Å²) in [5.74, 6) is -2.43. The lowest BCUT2D eigenvalue weighted by atomic mass is 9.86. The standard InChI is InChI=1S/C17H22FNO4/c1-10-7-11(18)5-6-12(10)13-8-19(9-14(13)15(20)21)16(22)23-17(2,3)4/h5-7,13-14H,8-9H2,1-4H3,(H,20,21)/t13-,14+/m0/s1. The van der Waals surface area contributed by atoms with Crippen molar-refractivity contribution in [3.05, 3.63) is 35.1 Å². The van der Waals surface area contributed by atoms with Gasteiger partial charge in [-0.2, -0.15) is 0 Å².